The Morgan fingerprint density at radius 2 is 1.88 bits per heavy atom. The van der Waals surface area contributed by atoms with Crippen molar-refractivity contribution in [3.05, 3.63) is 51.9 Å². The first-order valence-corrected chi connectivity index (χ1v) is 10.7. The van der Waals surface area contributed by atoms with Crippen LogP contribution in [0.2, 0.25) is 5.02 Å². The van der Waals surface area contributed by atoms with E-state index in [1.165, 1.54) is 13.2 Å². The number of imide groups is 1. The SMILES string of the molecule is CCOc1c(Cl)cc(/C=C2/SC(=O)N(CC(=O)Nc3ccc(OC)cc3)C2=O)cc1OC. The minimum absolute atomic E-state index is 0.175. The number of carbonyl (C=O) groups excluding carboxylic acids is 3. The number of hydrogen-bond acceptors (Lipinski definition) is 7. The van der Waals surface area contributed by atoms with Crippen LogP contribution in [-0.4, -0.2) is 49.3 Å². The molecule has 0 aliphatic carbocycles. The molecule has 168 valence electrons. The topological polar surface area (TPSA) is 94.2 Å². The molecule has 0 aromatic heterocycles. The van der Waals surface area contributed by atoms with Crippen LogP contribution in [0, 0.1) is 0 Å². The van der Waals surface area contributed by atoms with Crippen molar-refractivity contribution in [3.63, 3.8) is 0 Å². The molecule has 1 N–H and O–H groups in total. The Hall–Kier alpha value is -3.17. The Bertz CT molecular complexity index is 1070. The van der Waals surface area contributed by atoms with E-state index in [9.17, 15) is 14.4 Å². The number of ether oxygens (including phenoxy) is 3. The number of halogens is 1. The highest BCUT2D eigenvalue weighted by Crippen LogP contribution is 2.39. The van der Waals surface area contributed by atoms with Gasteiger partial charge in [0.15, 0.2) is 11.5 Å². The largest absolute Gasteiger partial charge is 0.497 e. The van der Waals surface area contributed by atoms with Crippen LogP contribution in [0.15, 0.2) is 41.3 Å². The molecule has 1 fully saturated rings. The number of amides is 3. The van der Waals surface area contributed by atoms with Gasteiger partial charge in [-0.05, 0) is 66.7 Å². The predicted molar refractivity (Wildman–Crippen MR) is 123 cm³/mol. The summed E-state index contributed by atoms with van der Waals surface area (Å²) in [6, 6.07) is 9.96. The molecule has 1 aliphatic rings. The predicted octanol–water partition coefficient (Wildman–Crippen LogP) is 4.43. The molecule has 3 rings (SSSR count). The zero-order valence-electron chi connectivity index (χ0n) is 17.6. The van der Waals surface area contributed by atoms with Gasteiger partial charge in [-0.25, -0.2) is 0 Å². The highest BCUT2D eigenvalue weighted by Gasteiger charge is 2.36. The van der Waals surface area contributed by atoms with Crippen molar-refractivity contribution < 1.29 is 28.6 Å². The first-order valence-electron chi connectivity index (χ1n) is 9.55. The van der Waals surface area contributed by atoms with Gasteiger partial charge in [0.2, 0.25) is 5.91 Å². The van der Waals surface area contributed by atoms with Crippen LogP contribution in [0.25, 0.3) is 6.08 Å². The van der Waals surface area contributed by atoms with E-state index in [2.05, 4.69) is 5.32 Å². The smallest absolute Gasteiger partial charge is 0.294 e. The molecule has 2 aromatic rings. The van der Waals surface area contributed by atoms with Crippen molar-refractivity contribution in [1.29, 1.82) is 0 Å². The summed E-state index contributed by atoms with van der Waals surface area (Å²) in [6.45, 7) is 1.83. The molecule has 10 heteroatoms. The van der Waals surface area contributed by atoms with Crippen molar-refractivity contribution in [1.82, 2.24) is 4.90 Å². The molecular weight excluding hydrogens is 456 g/mol. The number of methoxy groups -OCH3 is 2. The number of nitrogens with one attached hydrogen (secondary N) is 1. The van der Waals surface area contributed by atoms with Gasteiger partial charge in [0.25, 0.3) is 11.1 Å². The van der Waals surface area contributed by atoms with Crippen molar-refractivity contribution in [2.45, 2.75) is 6.92 Å². The number of carbonyl (C=O) groups is 3. The summed E-state index contributed by atoms with van der Waals surface area (Å²) in [7, 11) is 3.02. The molecule has 2 aromatic carbocycles. The molecule has 3 amide bonds. The van der Waals surface area contributed by atoms with Crippen LogP contribution >= 0.6 is 23.4 Å². The lowest BCUT2D eigenvalue weighted by atomic mass is 10.1. The van der Waals surface area contributed by atoms with Gasteiger partial charge < -0.3 is 19.5 Å². The van der Waals surface area contributed by atoms with E-state index in [4.69, 9.17) is 25.8 Å². The Kier molecular flexibility index (Phi) is 7.66. The lowest BCUT2D eigenvalue weighted by molar-refractivity contribution is -0.127. The third-order valence-electron chi connectivity index (χ3n) is 4.39. The van der Waals surface area contributed by atoms with Gasteiger partial charge in [-0.2, -0.15) is 0 Å². The van der Waals surface area contributed by atoms with E-state index in [0.717, 1.165) is 16.7 Å². The minimum atomic E-state index is -0.561. The molecule has 0 unspecified atom stereocenters. The van der Waals surface area contributed by atoms with Crippen LogP contribution in [0.3, 0.4) is 0 Å². The average Bonchev–Trinajstić information content (AvgIpc) is 3.03. The van der Waals surface area contributed by atoms with Crippen LogP contribution in [-0.2, 0) is 9.59 Å². The maximum Gasteiger partial charge on any atom is 0.294 e. The van der Waals surface area contributed by atoms with Gasteiger partial charge in [0, 0.05) is 5.69 Å². The van der Waals surface area contributed by atoms with Crippen LogP contribution < -0.4 is 19.5 Å². The van der Waals surface area contributed by atoms with Gasteiger partial charge in [-0.1, -0.05) is 11.6 Å². The summed E-state index contributed by atoms with van der Waals surface area (Å²) in [6.07, 6.45) is 1.52. The van der Waals surface area contributed by atoms with Crippen molar-refractivity contribution in [2.24, 2.45) is 0 Å². The first-order chi connectivity index (χ1) is 15.4. The maximum atomic E-state index is 12.7. The average molecular weight is 477 g/mol. The lowest BCUT2D eigenvalue weighted by Crippen LogP contribution is -2.36. The summed E-state index contributed by atoms with van der Waals surface area (Å²) in [4.78, 5) is 38.5. The van der Waals surface area contributed by atoms with Crippen molar-refractivity contribution >= 4 is 52.2 Å². The second-order valence-electron chi connectivity index (χ2n) is 6.51. The second-order valence-corrected chi connectivity index (χ2v) is 7.91. The Labute approximate surface area is 194 Å². The quantitative estimate of drug-likeness (QED) is 0.563. The van der Waals surface area contributed by atoms with E-state index < -0.39 is 23.6 Å². The molecule has 0 radical (unpaired) electrons. The van der Waals surface area contributed by atoms with E-state index >= 15 is 0 Å². The molecule has 8 nitrogen and oxygen atoms in total. The standard InChI is InChI=1S/C22H21ClN2O6S/c1-4-31-20-16(23)9-13(10-17(20)30-3)11-18-21(27)25(22(28)32-18)12-19(26)24-14-5-7-15(29-2)8-6-14/h5-11H,4,12H2,1-3H3,(H,24,26)/b18-11+. The molecule has 0 saturated carbocycles. The first kappa shape index (κ1) is 23.5. The van der Waals surface area contributed by atoms with E-state index in [0.29, 0.717) is 40.1 Å². The molecular formula is C22H21ClN2O6S. The third kappa shape index (κ3) is 5.35. The summed E-state index contributed by atoms with van der Waals surface area (Å²) in [5.41, 5.74) is 1.08. The molecule has 0 bridgehead atoms. The second kappa shape index (κ2) is 10.4. The number of nitrogens with zero attached hydrogens (tertiary/aromatic N) is 1. The van der Waals surface area contributed by atoms with Gasteiger partial charge in [0.1, 0.15) is 12.3 Å². The van der Waals surface area contributed by atoms with E-state index in [1.54, 1.807) is 43.5 Å². The van der Waals surface area contributed by atoms with Crippen LogP contribution in [0.1, 0.15) is 12.5 Å². The third-order valence-corrected chi connectivity index (χ3v) is 5.58. The summed E-state index contributed by atoms with van der Waals surface area (Å²) in [5, 5.41) is 2.43. The number of benzene rings is 2. The fraction of sp³-hybridized carbons (Fsp3) is 0.227. The normalized spacial score (nSPS) is 14.6. The zero-order chi connectivity index (χ0) is 23.3. The van der Waals surface area contributed by atoms with Crippen LogP contribution in [0.5, 0.6) is 17.2 Å². The highest BCUT2D eigenvalue weighted by molar-refractivity contribution is 8.18. The Morgan fingerprint density at radius 1 is 1.16 bits per heavy atom. The number of thioether (sulfide) groups is 1. The summed E-state index contributed by atoms with van der Waals surface area (Å²) in [5.74, 6) is 0.393. The number of anilines is 1. The number of rotatable bonds is 8. The van der Waals surface area contributed by atoms with E-state index in [1.807, 2.05) is 6.92 Å². The number of hydrogen-bond donors (Lipinski definition) is 1. The minimum Gasteiger partial charge on any atom is -0.497 e. The molecule has 1 aliphatic heterocycles. The summed E-state index contributed by atoms with van der Waals surface area (Å²) >= 11 is 7.02. The van der Waals surface area contributed by atoms with Gasteiger partial charge >= 0.3 is 0 Å². The van der Waals surface area contributed by atoms with Gasteiger partial charge in [-0.3, -0.25) is 19.3 Å². The van der Waals surface area contributed by atoms with Gasteiger partial charge in [-0.15, -0.1) is 0 Å². The summed E-state index contributed by atoms with van der Waals surface area (Å²) < 4.78 is 15.9. The Balaban J connectivity index is 1.73. The lowest BCUT2D eigenvalue weighted by Gasteiger charge is -2.13. The highest BCUT2D eigenvalue weighted by atomic mass is 35.5. The van der Waals surface area contributed by atoms with E-state index in [-0.39, 0.29) is 4.91 Å². The monoisotopic (exact) mass is 476 g/mol. The molecule has 0 spiro atoms. The molecule has 0 atom stereocenters. The molecule has 1 saturated heterocycles. The van der Waals surface area contributed by atoms with Crippen LogP contribution in [0.4, 0.5) is 10.5 Å². The Morgan fingerprint density at radius 3 is 2.50 bits per heavy atom. The fourth-order valence-corrected chi connectivity index (χ4v) is 4.03. The molecule has 1 heterocycles. The maximum absolute atomic E-state index is 12.7. The fourth-order valence-electron chi connectivity index (χ4n) is 2.91. The van der Waals surface area contributed by atoms with Crippen molar-refractivity contribution in [3.8, 4) is 17.2 Å². The molecule has 32 heavy (non-hydrogen) atoms. The van der Waals surface area contributed by atoms with Crippen molar-refractivity contribution in [2.75, 3.05) is 32.7 Å². The van der Waals surface area contributed by atoms with Gasteiger partial charge in [0.05, 0.1) is 30.8 Å². The zero-order valence-corrected chi connectivity index (χ0v) is 19.2.